The fraction of sp³-hybridized carbons (Fsp3) is 0.457. The van der Waals surface area contributed by atoms with Crippen LogP contribution in [0.2, 0.25) is 5.02 Å². The number of fused-ring (bicyclic) bond motifs is 1. The van der Waals surface area contributed by atoms with E-state index in [1.807, 2.05) is 44.2 Å². The first-order chi connectivity index (χ1) is 21.1. The Morgan fingerprint density at radius 2 is 1.89 bits per heavy atom. The molecule has 8 nitrogen and oxygen atoms in total. The summed E-state index contributed by atoms with van der Waals surface area (Å²) in [6.45, 7) is 11.4. The predicted molar refractivity (Wildman–Crippen MR) is 169 cm³/mol. The van der Waals surface area contributed by atoms with Crippen molar-refractivity contribution in [3.05, 3.63) is 90.5 Å². The smallest absolute Gasteiger partial charge is 0.312 e. The molecule has 3 aliphatic heterocycles. The van der Waals surface area contributed by atoms with Crippen LogP contribution in [0.5, 0.6) is 0 Å². The molecule has 1 spiro atoms. The molecule has 0 aliphatic carbocycles. The summed E-state index contributed by atoms with van der Waals surface area (Å²) in [4.78, 5) is 46.4. The Balaban J connectivity index is 1.62. The van der Waals surface area contributed by atoms with Gasteiger partial charge in [0.1, 0.15) is 17.6 Å². The molecule has 3 saturated heterocycles. The van der Waals surface area contributed by atoms with E-state index in [1.165, 1.54) is 9.80 Å². The summed E-state index contributed by atoms with van der Waals surface area (Å²) in [5.74, 6) is -3.31. The molecule has 7 atom stereocenters. The minimum absolute atomic E-state index is 0.131. The van der Waals surface area contributed by atoms with Gasteiger partial charge < -0.3 is 24.4 Å². The number of likely N-dealkylation sites (tertiary alicyclic amines) is 1. The first kappa shape index (κ1) is 31.9. The summed E-state index contributed by atoms with van der Waals surface area (Å²) >= 11 is 6.59. The van der Waals surface area contributed by atoms with E-state index in [2.05, 4.69) is 13.2 Å². The first-order valence-corrected chi connectivity index (χ1v) is 15.6. The van der Waals surface area contributed by atoms with E-state index in [0.29, 0.717) is 36.4 Å². The van der Waals surface area contributed by atoms with Gasteiger partial charge in [0.15, 0.2) is 0 Å². The standard InChI is InChI=1S/C35H41ClN2O6/c1-5-7-13-19-43-33(42)29-28-31(40)38(25(22-39)20-24-14-9-8-10-15-24)30(35(28)21-23(3)34(29,4)44-35)32(41)37(18-6-2)27-17-12-11-16-26(27)36/h5-6,8-12,14-17,23,25,28-30,39H,1-2,7,13,18-22H2,3-4H3/t23?,25-,28+,29-,30?,34+,35?/m1/s1. The molecular formula is C35H41ClN2O6. The molecule has 2 bridgehead atoms. The van der Waals surface area contributed by atoms with Gasteiger partial charge in [-0.15, -0.1) is 13.2 Å². The van der Waals surface area contributed by atoms with Gasteiger partial charge in [0, 0.05) is 6.54 Å². The summed E-state index contributed by atoms with van der Waals surface area (Å²) in [7, 11) is 0. The Bertz CT molecular complexity index is 1420. The number of carbonyl (C=O) groups excluding carboxylic acids is 3. The molecule has 2 aromatic rings. The van der Waals surface area contributed by atoms with E-state index in [4.69, 9.17) is 21.1 Å². The van der Waals surface area contributed by atoms with Crippen LogP contribution in [0.25, 0.3) is 0 Å². The van der Waals surface area contributed by atoms with Crippen molar-refractivity contribution < 1.29 is 29.0 Å². The number of halogens is 1. The maximum Gasteiger partial charge on any atom is 0.312 e. The van der Waals surface area contributed by atoms with Gasteiger partial charge in [0.05, 0.1) is 41.5 Å². The number of allylic oxidation sites excluding steroid dienone is 1. The average molecular weight is 621 g/mol. The molecule has 2 amide bonds. The number of benzene rings is 2. The number of anilines is 1. The third kappa shape index (κ3) is 5.27. The fourth-order valence-corrected chi connectivity index (χ4v) is 7.83. The van der Waals surface area contributed by atoms with Crippen LogP contribution in [-0.2, 0) is 30.3 Å². The summed E-state index contributed by atoms with van der Waals surface area (Å²) in [6, 6.07) is 14.6. The van der Waals surface area contributed by atoms with Gasteiger partial charge in [-0.1, -0.05) is 73.1 Å². The predicted octanol–water partition coefficient (Wildman–Crippen LogP) is 4.98. The van der Waals surface area contributed by atoms with Gasteiger partial charge in [-0.05, 0) is 56.2 Å². The topological polar surface area (TPSA) is 96.4 Å². The van der Waals surface area contributed by atoms with Gasteiger partial charge in [0.25, 0.3) is 5.91 Å². The van der Waals surface area contributed by atoms with Crippen molar-refractivity contribution in [2.45, 2.75) is 62.8 Å². The summed E-state index contributed by atoms with van der Waals surface area (Å²) in [5, 5.41) is 11.1. The number of unbranched alkanes of at least 4 members (excludes halogenated alkanes) is 1. The van der Waals surface area contributed by atoms with Crippen molar-refractivity contribution in [3.63, 3.8) is 0 Å². The van der Waals surface area contributed by atoms with E-state index < -0.39 is 47.0 Å². The number of aliphatic hydroxyl groups is 1. The molecule has 0 aromatic heterocycles. The zero-order valence-electron chi connectivity index (χ0n) is 25.4. The molecule has 44 heavy (non-hydrogen) atoms. The highest BCUT2D eigenvalue weighted by atomic mass is 35.5. The van der Waals surface area contributed by atoms with E-state index >= 15 is 0 Å². The highest BCUT2D eigenvalue weighted by Crippen LogP contribution is 2.65. The normalized spacial score (nSPS) is 29.3. The lowest BCUT2D eigenvalue weighted by Gasteiger charge is -2.39. The van der Waals surface area contributed by atoms with Crippen LogP contribution in [0.15, 0.2) is 79.9 Å². The van der Waals surface area contributed by atoms with E-state index in [-0.39, 0.29) is 31.6 Å². The first-order valence-electron chi connectivity index (χ1n) is 15.3. The van der Waals surface area contributed by atoms with Crippen molar-refractivity contribution >= 4 is 35.1 Å². The fourth-order valence-electron chi connectivity index (χ4n) is 7.59. The zero-order chi connectivity index (χ0) is 31.6. The van der Waals surface area contributed by atoms with Crippen LogP contribution >= 0.6 is 11.6 Å². The molecule has 5 rings (SSSR count). The lowest BCUT2D eigenvalue weighted by Crippen LogP contribution is -2.59. The quantitative estimate of drug-likeness (QED) is 0.193. The number of hydrogen-bond donors (Lipinski definition) is 1. The highest BCUT2D eigenvalue weighted by Gasteiger charge is 2.80. The molecule has 3 unspecified atom stereocenters. The molecule has 0 saturated carbocycles. The number of rotatable bonds is 13. The number of para-hydroxylation sites is 1. The number of esters is 1. The van der Waals surface area contributed by atoms with Crippen molar-refractivity contribution in [1.29, 1.82) is 0 Å². The van der Waals surface area contributed by atoms with Gasteiger partial charge in [-0.3, -0.25) is 14.4 Å². The number of hydrogen-bond acceptors (Lipinski definition) is 6. The lowest BCUT2D eigenvalue weighted by molar-refractivity contribution is -0.162. The van der Waals surface area contributed by atoms with Crippen LogP contribution < -0.4 is 4.90 Å². The molecule has 3 heterocycles. The second-order valence-electron chi connectivity index (χ2n) is 12.3. The Hall–Kier alpha value is -3.46. The molecule has 2 aromatic carbocycles. The second-order valence-corrected chi connectivity index (χ2v) is 12.7. The SMILES string of the molecule is C=CCCCOC(=O)[C@H]1[C@H]2C(=O)N([C@@H](CO)Cc3ccccc3)C(C(=O)N(CC=C)c3ccccc3Cl)C23CC(C)[C@]1(C)O3. The van der Waals surface area contributed by atoms with E-state index in [9.17, 15) is 19.5 Å². The number of ether oxygens (including phenoxy) is 2. The minimum atomic E-state index is -1.31. The Kier molecular flexibility index (Phi) is 9.35. The highest BCUT2D eigenvalue weighted by molar-refractivity contribution is 6.34. The van der Waals surface area contributed by atoms with Crippen LogP contribution in [0.3, 0.4) is 0 Å². The Morgan fingerprint density at radius 1 is 1.18 bits per heavy atom. The van der Waals surface area contributed by atoms with Crippen LogP contribution in [-0.4, -0.2) is 70.8 Å². The maximum absolute atomic E-state index is 14.9. The second kappa shape index (κ2) is 12.9. The summed E-state index contributed by atoms with van der Waals surface area (Å²) in [6.07, 6.45) is 5.37. The van der Waals surface area contributed by atoms with Crippen molar-refractivity contribution in [3.8, 4) is 0 Å². The minimum Gasteiger partial charge on any atom is -0.465 e. The van der Waals surface area contributed by atoms with E-state index in [0.717, 1.165) is 5.56 Å². The molecule has 9 heteroatoms. The third-order valence-corrected chi connectivity index (χ3v) is 10.00. The van der Waals surface area contributed by atoms with Gasteiger partial charge in [-0.25, -0.2) is 0 Å². The summed E-state index contributed by atoms with van der Waals surface area (Å²) in [5.41, 5.74) is -0.946. The van der Waals surface area contributed by atoms with Crippen molar-refractivity contribution in [2.24, 2.45) is 17.8 Å². The van der Waals surface area contributed by atoms with Gasteiger partial charge >= 0.3 is 5.97 Å². The molecule has 3 aliphatic rings. The lowest BCUT2D eigenvalue weighted by atomic mass is 9.62. The number of nitrogens with zero attached hydrogens (tertiary/aromatic N) is 2. The number of amides is 2. The number of aliphatic hydroxyl groups excluding tert-OH is 1. The van der Waals surface area contributed by atoms with Crippen LogP contribution in [0.4, 0.5) is 5.69 Å². The van der Waals surface area contributed by atoms with Crippen LogP contribution in [0.1, 0.15) is 38.7 Å². The van der Waals surface area contributed by atoms with Crippen molar-refractivity contribution in [2.75, 3.05) is 24.7 Å². The molecule has 0 radical (unpaired) electrons. The Labute approximate surface area is 264 Å². The van der Waals surface area contributed by atoms with Gasteiger partial charge in [-0.2, -0.15) is 0 Å². The van der Waals surface area contributed by atoms with E-state index in [1.54, 1.807) is 36.4 Å². The average Bonchev–Trinajstić information content (AvgIpc) is 3.54. The third-order valence-electron chi connectivity index (χ3n) is 9.68. The molecule has 3 fully saturated rings. The van der Waals surface area contributed by atoms with Crippen molar-refractivity contribution in [1.82, 2.24) is 4.90 Å². The molecule has 1 N–H and O–H groups in total. The summed E-state index contributed by atoms with van der Waals surface area (Å²) < 4.78 is 12.6. The van der Waals surface area contributed by atoms with Gasteiger partial charge in [0.2, 0.25) is 5.91 Å². The number of carbonyl (C=O) groups is 3. The molecule has 234 valence electrons. The monoisotopic (exact) mass is 620 g/mol. The molecular weight excluding hydrogens is 580 g/mol. The largest absolute Gasteiger partial charge is 0.465 e. The zero-order valence-corrected chi connectivity index (χ0v) is 26.1. The maximum atomic E-state index is 14.9. The Morgan fingerprint density at radius 3 is 2.55 bits per heavy atom. The van der Waals surface area contributed by atoms with Crippen LogP contribution in [0, 0.1) is 17.8 Å².